The molecule has 0 amide bonds. The van der Waals surface area contributed by atoms with Gasteiger partial charge >= 0.3 is 0 Å². The Kier molecular flexibility index (Phi) is 3.98. The summed E-state index contributed by atoms with van der Waals surface area (Å²) in [6.07, 6.45) is 2.43. The largest absolute Gasteiger partial charge is 0.487 e. The highest BCUT2D eigenvalue weighted by atomic mass is 16.5. The number of carbonyl (C=O) groups excluding carboxylic acids is 1. The average Bonchev–Trinajstić information content (AvgIpc) is 2.45. The standard InChI is InChI=1S/C11H18O3/c1-4-6-7-13-11-8(3)14-9(5-2)10(11)12/h9H,4-7H2,1-3H3. The Morgan fingerprint density at radius 2 is 2.14 bits per heavy atom. The van der Waals surface area contributed by atoms with E-state index in [4.69, 9.17) is 9.47 Å². The topological polar surface area (TPSA) is 35.5 Å². The van der Waals surface area contributed by atoms with Crippen LogP contribution in [0.15, 0.2) is 11.5 Å². The van der Waals surface area contributed by atoms with Gasteiger partial charge in [0.25, 0.3) is 0 Å². The van der Waals surface area contributed by atoms with E-state index in [0.29, 0.717) is 24.5 Å². The highest BCUT2D eigenvalue weighted by Gasteiger charge is 2.33. The van der Waals surface area contributed by atoms with Gasteiger partial charge < -0.3 is 9.47 Å². The molecular formula is C11H18O3. The fourth-order valence-corrected chi connectivity index (χ4v) is 1.40. The molecule has 1 aliphatic heterocycles. The van der Waals surface area contributed by atoms with Gasteiger partial charge in [0.1, 0.15) is 5.76 Å². The van der Waals surface area contributed by atoms with E-state index < -0.39 is 0 Å². The molecule has 0 bridgehead atoms. The van der Waals surface area contributed by atoms with Crippen LogP contribution in [0.5, 0.6) is 0 Å². The number of rotatable bonds is 5. The summed E-state index contributed by atoms with van der Waals surface area (Å²) in [5.41, 5.74) is 0. The van der Waals surface area contributed by atoms with E-state index in [1.54, 1.807) is 6.92 Å². The van der Waals surface area contributed by atoms with Crippen molar-refractivity contribution in [1.82, 2.24) is 0 Å². The molecule has 0 fully saturated rings. The third-order valence-electron chi connectivity index (χ3n) is 2.27. The number of hydrogen-bond acceptors (Lipinski definition) is 3. The predicted octanol–water partition coefficient (Wildman–Crippen LogP) is 2.41. The Hall–Kier alpha value is -0.990. The maximum absolute atomic E-state index is 11.6. The molecule has 1 heterocycles. The SMILES string of the molecule is CCCCOC1=C(C)OC(CC)C1=O. The quantitative estimate of drug-likeness (QED) is 0.636. The Morgan fingerprint density at radius 3 is 2.64 bits per heavy atom. The third kappa shape index (κ3) is 2.28. The zero-order valence-corrected chi connectivity index (χ0v) is 9.13. The third-order valence-corrected chi connectivity index (χ3v) is 2.27. The molecule has 3 nitrogen and oxygen atoms in total. The van der Waals surface area contributed by atoms with E-state index in [1.165, 1.54) is 0 Å². The van der Waals surface area contributed by atoms with Crippen LogP contribution in [0.4, 0.5) is 0 Å². The molecule has 0 spiro atoms. The van der Waals surface area contributed by atoms with Crippen molar-refractivity contribution < 1.29 is 14.3 Å². The van der Waals surface area contributed by atoms with Crippen molar-refractivity contribution in [1.29, 1.82) is 0 Å². The molecule has 0 aromatic carbocycles. The summed E-state index contributed by atoms with van der Waals surface area (Å²) < 4.78 is 10.8. The lowest BCUT2D eigenvalue weighted by atomic mass is 10.2. The van der Waals surface area contributed by atoms with Gasteiger partial charge in [0, 0.05) is 0 Å². The number of carbonyl (C=O) groups is 1. The lowest BCUT2D eigenvalue weighted by molar-refractivity contribution is -0.123. The van der Waals surface area contributed by atoms with E-state index in [0.717, 1.165) is 12.8 Å². The summed E-state index contributed by atoms with van der Waals surface area (Å²) in [6, 6.07) is 0. The highest BCUT2D eigenvalue weighted by molar-refractivity contribution is 5.99. The number of hydrogen-bond donors (Lipinski definition) is 0. The molecule has 0 saturated carbocycles. The second-order valence-corrected chi connectivity index (χ2v) is 3.47. The molecule has 1 aliphatic rings. The first-order valence-electron chi connectivity index (χ1n) is 5.25. The molecule has 1 unspecified atom stereocenters. The molecule has 1 rings (SSSR count). The smallest absolute Gasteiger partial charge is 0.241 e. The molecule has 0 aromatic rings. The number of Topliss-reactive ketones (excluding diaryl/α,β-unsaturated/α-hetero) is 1. The molecular weight excluding hydrogens is 180 g/mol. The zero-order chi connectivity index (χ0) is 10.6. The fourth-order valence-electron chi connectivity index (χ4n) is 1.40. The van der Waals surface area contributed by atoms with E-state index in [9.17, 15) is 4.79 Å². The monoisotopic (exact) mass is 198 g/mol. The number of ketones is 1. The van der Waals surface area contributed by atoms with Gasteiger partial charge in [0.2, 0.25) is 11.5 Å². The predicted molar refractivity (Wildman–Crippen MR) is 53.7 cm³/mol. The van der Waals surface area contributed by atoms with Gasteiger partial charge in [0.05, 0.1) is 6.61 Å². The van der Waals surface area contributed by atoms with E-state index in [2.05, 4.69) is 6.92 Å². The number of ether oxygens (including phenoxy) is 2. The van der Waals surface area contributed by atoms with E-state index >= 15 is 0 Å². The summed E-state index contributed by atoms with van der Waals surface area (Å²) in [5.74, 6) is 1.07. The molecule has 14 heavy (non-hydrogen) atoms. The van der Waals surface area contributed by atoms with Crippen molar-refractivity contribution in [2.24, 2.45) is 0 Å². The first-order chi connectivity index (χ1) is 6.70. The van der Waals surface area contributed by atoms with Gasteiger partial charge in [-0.15, -0.1) is 0 Å². The molecule has 0 saturated heterocycles. The maximum atomic E-state index is 11.6. The van der Waals surface area contributed by atoms with Crippen molar-refractivity contribution >= 4 is 5.78 Å². The van der Waals surface area contributed by atoms with Crippen molar-refractivity contribution in [2.75, 3.05) is 6.61 Å². The lowest BCUT2D eigenvalue weighted by Gasteiger charge is -2.05. The minimum Gasteiger partial charge on any atom is -0.487 e. The normalized spacial score (nSPS) is 21.4. The first-order valence-corrected chi connectivity index (χ1v) is 5.25. The van der Waals surface area contributed by atoms with Crippen molar-refractivity contribution in [3.05, 3.63) is 11.5 Å². The summed E-state index contributed by atoms with van der Waals surface area (Å²) in [7, 11) is 0. The highest BCUT2D eigenvalue weighted by Crippen LogP contribution is 2.24. The number of unbranched alkanes of at least 4 members (excludes halogenated alkanes) is 1. The minimum atomic E-state index is -0.313. The molecule has 3 heteroatoms. The first kappa shape index (κ1) is 11.1. The van der Waals surface area contributed by atoms with Crippen LogP contribution in [0, 0.1) is 0 Å². The van der Waals surface area contributed by atoms with Crippen molar-refractivity contribution in [3.8, 4) is 0 Å². The van der Waals surface area contributed by atoms with Crippen LogP contribution < -0.4 is 0 Å². The molecule has 0 radical (unpaired) electrons. The Bertz CT molecular complexity index is 243. The van der Waals surface area contributed by atoms with E-state index in [1.807, 2.05) is 6.92 Å². The van der Waals surface area contributed by atoms with Crippen molar-refractivity contribution in [3.63, 3.8) is 0 Å². The fraction of sp³-hybridized carbons (Fsp3) is 0.727. The van der Waals surface area contributed by atoms with Gasteiger partial charge in [0.15, 0.2) is 6.10 Å². The summed E-state index contributed by atoms with van der Waals surface area (Å²) in [5, 5.41) is 0. The van der Waals surface area contributed by atoms with E-state index in [-0.39, 0.29) is 11.9 Å². The average molecular weight is 198 g/mol. The van der Waals surface area contributed by atoms with Crippen LogP contribution >= 0.6 is 0 Å². The van der Waals surface area contributed by atoms with Gasteiger partial charge in [-0.3, -0.25) is 4.79 Å². The van der Waals surface area contributed by atoms with Gasteiger partial charge in [-0.05, 0) is 19.8 Å². The van der Waals surface area contributed by atoms with Gasteiger partial charge in [-0.2, -0.15) is 0 Å². The molecule has 80 valence electrons. The zero-order valence-electron chi connectivity index (χ0n) is 9.13. The van der Waals surface area contributed by atoms with Gasteiger partial charge in [-0.1, -0.05) is 20.3 Å². The van der Waals surface area contributed by atoms with Crippen LogP contribution in [-0.4, -0.2) is 18.5 Å². The number of allylic oxidation sites excluding steroid dienone is 1. The van der Waals surface area contributed by atoms with Crippen LogP contribution in [0.3, 0.4) is 0 Å². The Balaban J connectivity index is 2.50. The van der Waals surface area contributed by atoms with Crippen LogP contribution in [0.25, 0.3) is 0 Å². The molecule has 0 aromatic heterocycles. The molecule has 1 atom stereocenters. The Morgan fingerprint density at radius 1 is 1.43 bits per heavy atom. The Labute approximate surface area is 85.1 Å². The summed E-state index contributed by atoms with van der Waals surface area (Å²) >= 11 is 0. The van der Waals surface area contributed by atoms with Crippen LogP contribution in [0.1, 0.15) is 40.0 Å². The second-order valence-electron chi connectivity index (χ2n) is 3.47. The maximum Gasteiger partial charge on any atom is 0.241 e. The van der Waals surface area contributed by atoms with Crippen LogP contribution in [0.2, 0.25) is 0 Å². The van der Waals surface area contributed by atoms with Crippen molar-refractivity contribution in [2.45, 2.75) is 46.1 Å². The molecule has 0 N–H and O–H groups in total. The second kappa shape index (κ2) is 5.03. The van der Waals surface area contributed by atoms with Crippen LogP contribution in [-0.2, 0) is 14.3 Å². The minimum absolute atomic E-state index is 0.00102. The van der Waals surface area contributed by atoms with Gasteiger partial charge in [-0.25, -0.2) is 0 Å². The lowest BCUT2D eigenvalue weighted by Crippen LogP contribution is -2.18. The summed E-state index contributed by atoms with van der Waals surface area (Å²) in [4.78, 5) is 11.6. The summed E-state index contributed by atoms with van der Waals surface area (Å²) in [6.45, 7) is 6.42. The molecule has 0 aliphatic carbocycles.